The second-order valence-electron chi connectivity index (χ2n) is 6.40. The monoisotopic (exact) mass is 318 g/mol. The maximum atomic E-state index is 13.0. The van der Waals surface area contributed by atoms with E-state index in [0.717, 1.165) is 25.9 Å². The van der Waals surface area contributed by atoms with E-state index in [1.807, 2.05) is 4.90 Å². The van der Waals surface area contributed by atoms with E-state index in [9.17, 15) is 4.79 Å². The normalized spacial score (nSPS) is 21.7. The zero-order chi connectivity index (χ0) is 16.2. The number of amides is 1. The summed E-state index contributed by atoms with van der Waals surface area (Å²) < 4.78 is 10.6. The number of carbonyl (C=O) groups excluding carboxylic acids is 1. The highest BCUT2D eigenvalue weighted by Gasteiger charge is 2.31. The van der Waals surface area contributed by atoms with Gasteiger partial charge in [-0.25, -0.2) is 0 Å². The zero-order valence-corrected chi connectivity index (χ0v) is 14.1. The Hall–Kier alpha value is -1.75. The molecule has 0 radical (unpaired) electrons. The first-order valence-corrected chi connectivity index (χ1v) is 8.47. The fourth-order valence-corrected chi connectivity index (χ4v) is 3.65. The quantitative estimate of drug-likeness (QED) is 0.836. The van der Waals surface area contributed by atoms with Crippen LogP contribution in [-0.2, 0) is 0 Å². The van der Waals surface area contributed by atoms with Crippen LogP contribution < -0.4 is 9.47 Å². The SMILES string of the molecule is COc1cc(OC)cc(C(=O)N2CCCC2CN2CCCC2)c1. The van der Waals surface area contributed by atoms with Crippen molar-refractivity contribution >= 4 is 5.91 Å². The summed E-state index contributed by atoms with van der Waals surface area (Å²) in [5.41, 5.74) is 0.648. The molecule has 0 bridgehead atoms. The predicted molar refractivity (Wildman–Crippen MR) is 89.3 cm³/mol. The largest absolute Gasteiger partial charge is 0.497 e. The molecule has 1 atom stereocenters. The smallest absolute Gasteiger partial charge is 0.254 e. The number of nitrogens with zero attached hydrogens (tertiary/aromatic N) is 2. The maximum absolute atomic E-state index is 13.0. The number of likely N-dealkylation sites (tertiary alicyclic amines) is 2. The van der Waals surface area contributed by atoms with Crippen molar-refractivity contribution in [3.05, 3.63) is 23.8 Å². The van der Waals surface area contributed by atoms with Crippen molar-refractivity contribution in [1.29, 1.82) is 0 Å². The van der Waals surface area contributed by atoms with Crippen LogP contribution in [0.1, 0.15) is 36.0 Å². The third-order valence-corrected chi connectivity index (χ3v) is 4.90. The number of carbonyl (C=O) groups is 1. The van der Waals surface area contributed by atoms with E-state index in [2.05, 4.69) is 4.90 Å². The molecule has 0 spiro atoms. The maximum Gasteiger partial charge on any atom is 0.254 e. The molecule has 1 unspecified atom stereocenters. The second-order valence-corrected chi connectivity index (χ2v) is 6.40. The molecule has 23 heavy (non-hydrogen) atoms. The Kier molecular flexibility index (Phi) is 5.06. The van der Waals surface area contributed by atoms with E-state index < -0.39 is 0 Å². The number of ether oxygens (including phenoxy) is 2. The lowest BCUT2D eigenvalue weighted by atomic mass is 10.1. The Balaban J connectivity index is 1.75. The summed E-state index contributed by atoms with van der Waals surface area (Å²) in [7, 11) is 3.21. The second kappa shape index (κ2) is 7.21. The fourth-order valence-electron chi connectivity index (χ4n) is 3.65. The minimum Gasteiger partial charge on any atom is -0.497 e. The molecule has 1 aromatic carbocycles. The highest BCUT2D eigenvalue weighted by atomic mass is 16.5. The molecular weight excluding hydrogens is 292 g/mol. The Morgan fingerprint density at radius 1 is 1.04 bits per heavy atom. The highest BCUT2D eigenvalue weighted by Crippen LogP contribution is 2.27. The van der Waals surface area contributed by atoms with Crippen LogP contribution in [0.4, 0.5) is 0 Å². The van der Waals surface area contributed by atoms with Gasteiger partial charge in [0.1, 0.15) is 11.5 Å². The fraction of sp³-hybridized carbons (Fsp3) is 0.611. The summed E-state index contributed by atoms with van der Waals surface area (Å²) in [4.78, 5) is 17.5. The third kappa shape index (κ3) is 3.61. The highest BCUT2D eigenvalue weighted by molar-refractivity contribution is 5.95. The standard InChI is InChI=1S/C18H26N2O3/c1-22-16-10-14(11-17(12-16)23-2)18(21)20-9-5-6-15(20)13-19-7-3-4-8-19/h10-12,15H,3-9,13H2,1-2H3. The molecule has 5 heteroatoms. The minimum absolute atomic E-state index is 0.0869. The van der Waals surface area contributed by atoms with Gasteiger partial charge < -0.3 is 19.3 Å². The van der Waals surface area contributed by atoms with Crippen LogP contribution in [0.25, 0.3) is 0 Å². The van der Waals surface area contributed by atoms with Crippen molar-refractivity contribution in [1.82, 2.24) is 9.80 Å². The van der Waals surface area contributed by atoms with Crippen LogP contribution in [0.3, 0.4) is 0 Å². The van der Waals surface area contributed by atoms with E-state index in [1.54, 1.807) is 32.4 Å². The molecule has 2 fully saturated rings. The number of rotatable bonds is 5. The van der Waals surface area contributed by atoms with Crippen LogP contribution in [0.15, 0.2) is 18.2 Å². The van der Waals surface area contributed by atoms with Crippen LogP contribution >= 0.6 is 0 Å². The molecule has 2 aliphatic heterocycles. The Bertz CT molecular complexity index is 533. The zero-order valence-electron chi connectivity index (χ0n) is 14.1. The molecule has 1 aromatic rings. The van der Waals surface area contributed by atoms with Crippen LogP contribution in [0, 0.1) is 0 Å². The van der Waals surface area contributed by atoms with Gasteiger partial charge in [0.05, 0.1) is 14.2 Å². The van der Waals surface area contributed by atoms with Gasteiger partial charge in [0.2, 0.25) is 0 Å². The number of hydrogen-bond acceptors (Lipinski definition) is 4. The Morgan fingerprint density at radius 2 is 1.70 bits per heavy atom. The van der Waals surface area contributed by atoms with Gasteiger partial charge in [-0.15, -0.1) is 0 Å². The first-order chi connectivity index (χ1) is 11.2. The first kappa shape index (κ1) is 16.1. The average Bonchev–Trinajstić information content (AvgIpc) is 3.26. The summed E-state index contributed by atoms with van der Waals surface area (Å²) in [6.07, 6.45) is 4.76. The first-order valence-electron chi connectivity index (χ1n) is 8.47. The van der Waals surface area contributed by atoms with Crippen molar-refractivity contribution in [2.24, 2.45) is 0 Å². The molecule has 2 aliphatic rings. The van der Waals surface area contributed by atoms with Crippen molar-refractivity contribution in [3.63, 3.8) is 0 Å². The summed E-state index contributed by atoms with van der Waals surface area (Å²) in [6.45, 7) is 4.20. The van der Waals surface area contributed by atoms with Crippen molar-refractivity contribution < 1.29 is 14.3 Å². The molecule has 0 saturated carbocycles. The van der Waals surface area contributed by atoms with Crippen molar-refractivity contribution in [2.75, 3.05) is 40.4 Å². The molecule has 0 aliphatic carbocycles. The lowest BCUT2D eigenvalue weighted by Crippen LogP contribution is -2.42. The molecular formula is C18H26N2O3. The van der Waals surface area contributed by atoms with Crippen LogP contribution in [0.5, 0.6) is 11.5 Å². The lowest BCUT2D eigenvalue weighted by Gasteiger charge is -2.28. The summed E-state index contributed by atoms with van der Waals surface area (Å²) in [6, 6.07) is 5.73. The van der Waals surface area contributed by atoms with Gasteiger partial charge in [-0.3, -0.25) is 4.79 Å². The number of benzene rings is 1. The van der Waals surface area contributed by atoms with Crippen LogP contribution in [-0.4, -0.2) is 62.1 Å². The van der Waals surface area contributed by atoms with Crippen molar-refractivity contribution in [3.8, 4) is 11.5 Å². The molecule has 2 saturated heterocycles. The van der Waals surface area contributed by atoms with Crippen LogP contribution in [0.2, 0.25) is 0 Å². The number of methoxy groups -OCH3 is 2. The van der Waals surface area contributed by atoms with Gasteiger partial charge in [0, 0.05) is 30.8 Å². The van der Waals surface area contributed by atoms with E-state index in [4.69, 9.17) is 9.47 Å². The lowest BCUT2D eigenvalue weighted by molar-refractivity contribution is 0.0708. The predicted octanol–water partition coefficient (Wildman–Crippen LogP) is 2.40. The van der Waals surface area contributed by atoms with Gasteiger partial charge in [-0.1, -0.05) is 0 Å². The number of hydrogen-bond donors (Lipinski definition) is 0. The van der Waals surface area contributed by atoms with Gasteiger partial charge in [0.15, 0.2) is 0 Å². The van der Waals surface area contributed by atoms with Gasteiger partial charge >= 0.3 is 0 Å². The summed E-state index contributed by atoms with van der Waals surface area (Å²) >= 11 is 0. The van der Waals surface area contributed by atoms with E-state index in [0.29, 0.717) is 23.1 Å². The van der Waals surface area contributed by atoms with E-state index in [1.165, 1.54) is 25.9 Å². The summed E-state index contributed by atoms with van der Waals surface area (Å²) in [5.74, 6) is 1.40. The third-order valence-electron chi connectivity index (χ3n) is 4.90. The van der Waals surface area contributed by atoms with E-state index in [-0.39, 0.29) is 5.91 Å². The molecule has 0 aromatic heterocycles. The van der Waals surface area contributed by atoms with Gasteiger partial charge in [0.25, 0.3) is 5.91 Å². The topological polar surface area (TPSA) is 42.0 Å². The minimum atomic E-state index is 0.0869. The summed E-state index contributed by atoms with van der Waals surface area (Å²) in [5, 5.41) is 0. The van der Waals surface area contributed by atoms with Crippen molar-refractivity contribution in [2.45, 2.75) is 31.7 Å². The molecule has 126 valence electrons. The molecule has 1 amide bonds. The average molecular weight is 318 g/mol. The van der Waals surface area contributed by atoms with Gasteiger partial charge in [-0.05, 0) is 50.9 Å². The van der Waals surface area contributed by atoms with Gasteiger partial charge in [-0.2, -0.15) is 0 Å². The molecule has 3 rings (SSSR count). The molecule has 2 heterocycles. The van der Waals surface area contributed by atoms with E-state index >= 15 is 0 Å². The molecule has 0 N–H and O–H groups in total. The Labute approximate surface area is 138 Å². The Morgan fingerprint density at radius 3 is 2.30 bits per heavy atom. The molecule has 5 nitrogen and oxygen atoms in total.